The first-order chi connectivity index (χ1) is 9.42. The maximum Gasteiger partial charge on any atom is 0.490 e. The third-order valence-corrected chi connectivity index (χ3v) is 5.84. The highest BCUT2D eigenvalue weighted by Gasteiger charge is 2.41. The van der Waals surface area contributed by atoms with E-state index in [0.29, 0.717) is 12.8 Å². The fraction of sp³-hybridized carbons (Fsp3) is 1.00. The number of hydrogen-bond donors (Lipinski definition) is 4. The average molecular weight is 355 g/mol. The van der Waals surface area contributed by atoms with Gasteiger partial charge in [0, 0.05) is 6.00 Å². The van der Waals surface area contributed by atoms with E-state index >= 15 is 0 Å². The summed E-state index contributed by atoms with van der Waals surface area (Å²) in [6, 6.07) is -0.320. The molecule has 0 aromatic carbocycles. The first-order valence-electron chi connectivity index (χ1n) is 5.86. The molecule has 0 aliphatic carbocycles. The van der Waals surface area contributed by atoms with Gasteiger partial charge in [-0.2, -0.15) is 8.62 Å². The Kier molecular flexibility index (Phi) is 5.61. The lowest BCUT2D eigenvalue weighted by atomic mass is 9.97. The minimum Gasteiger partial charge on any atom is -0.382 e. The Hall–Kier alpha value is 0.435. The van der Waals surface area contributed by atoms with Gasteiger partial charge in [0.05, 0.1) is 12.7 Å². The van der Waals surface area contributed by atoms with E-state index in [2.05, 4.69) is 13.1 Å². The van der Waals surface area contributed by atoms with Crippen molar-refractivity contribution in [3.8, 4) is 0 Å². The summed E-state index contributed by atoms with van der Waals surface area (Å²) in [7, 11) is -16.0. The molecule has 1 aliphatic heterocycles. The fourth-order valence-electron chi connectivity index (χ4n) is 1.38. The minimum atomic E-state index is -5.49. The number of hydrogen-bond acceptors (Lipinski definition) is 7. The molecule has 4 unspecified atom stereocenters. The third-order valence-electron chi connectivity index (χ3n) is 2.03. The predicted octanol–water partition coefficient (Wildman–Crippen LogP) is -0.532. The molecule has 0 radical (unpaired) electrons. The lowest BCUT2D eigenvalue weighted by Crippen LogP contribution is -2.16. The van der Waals surface area contributed by atoms with Crippen LogP contribution in [0.15, 0.2) is 0 Å². The summed E-state index contributed by atoms with van der Waals surface area (Å²) in [4.78, 5) is 34.8. The number of phosphoric ester groups is 1. The van der Waals surface area contributed by atoms with Crippen LogP contribution in [0, 0.1) is 0 Å². The minimum absolute atomic E-state index is 0.0196. The number of phosphoric acid groups is 3. The molecule has 15 heteroatoms. The molecule has 4 atom stereocenters. The maximum atomic E-state index is 11.4. The van der Waals surface area contributed by atoms with Gasteiger partial charge in [0.25, 0.3) is 0 Å². The molecular formula is C5H14BO11P3. The second kappa shape index (κ2) is 6.68. The van der Waals surface area contributed by atoms with Crippen LogP contribution in [0.4, 0.5) is 0 Å². The summed E-state index contributed by atoms with van der Waals surface area (Å²) in [5.74, 6) is 0. The normalized spacial score (nSPS) is 30.3. The summed E-state index contributed by atoms with van der Waals surface area (Å²) < 4.78 is 56.6. The molecule has 1 saturated heterocycles. The predicted molar refractivity (Wildman–Crippen MR) is 66.3 cm³/mol. The Morgan fingerprint density at radius 3 is 2.30 bits per heavy atom. The third kappa shape index (κ3) is 7.45. The first kappa shape index (κ1) is 16.8. The van der Waals surface area contributed by atoms with Crippen LogP contribution in [0.1, 0.15) is 12.8 Å². The van der Waals surface area contributed by atoms with Crippen LogP contribution >= 0.6 is 23.5 Å². The van der Waals surface area contributed by atoms with Crippen LogP contribution in [-0.4, -0.2) is 47.4 Å². The molecule has 4 N–H and O–H groups in total. The van der Waals surface area contributed by atoms with Crippen molar-refractivity contribution in [1.29, 1.82) is 1.34 Å². The SMILES string of the molecule is [2H]BC1CCC(COP(=O)(O)OP(=O)(O)OP(=O)(O)O)O1. The zero-order valence-corrected chi connectivity index (χ0v) is 12.7. The van der Waals surface area contributed by atoms with E-state index in [1.165, 1.54) is 0 Å². The van der Waals surface area contributed by atoms with Crippen molar-refractivity contribution in [2.75, 3.05) is 6.61 Å². The van der Waals surface area contributed by atoms with Crippen molar-refractivity contribution >= 4 is 31.3 Å². The Morgan fingerprint density at radius 1 is 1.15 bits per heavy atom. The van der Waals surface area contributed by atoms with Gasteiger partial charge in [0.2, 0.25) is 0 Å². The van der Waals surface area contributed by atoms with Crippen LogP contribution in [-0.2, 0) is 31.6 Å². The van der Waals surface area contributed by atoms with Gasteiger partial charge < -0.3 is 24.3 Å². The van der Waals surface area contributed by atoms with Crippen LogP contribution in [0.5, 0.6) is 0 Å². The molecule has 1 heterocycles. The van der Waals surface area contributed by atoms with E-state index in [4.69, 9.17) is 20.8 Å². The van der Waals surface area contributed by atoms with Crippen LogP contribution in [0.2, 0.25) is 0 Å². The molecule has 0 aromatic rings. The van der Waals surface area contributed by atoms with Gasteiger partial charge in [0.1, 0.15) is 7.81 Å². The molecule has 1 aliphatic rings. The van der Waals surface area contributed by atoms with E-state index in [9.17, 15) is 18.6 Å². The standard InChI is InChI=1S/C5H14BO11P3/c6-5-2-1-4(15-5)3-14-19(10,11)17-20(12,13)16-18(7,8)9/h4-5H,1-3,6H2,(H,10,11)(H,12,13)(H2,7,8,9)/i6D. The van der Waals surface area contributed by atoms with Gasteiger partial charge in [-0.15, -0.1) is 0 Å². The zero-order chi connectivity index (χ0) is 16.3. The van der Waals surface area contributed by atoms with E-state index in [-0.39, 0.29) is 13.8 Å². The summed E-state index contributed by atoms with van der Waals surface area (Å²) in [6.45, 7) is -0.458. The summed E-state index contributed by atoms with van der Waals surface area (Å²) in [6.07, 6.45) is 0.429. The molecule has 1 fully saturated rings. The Labute approximate surface area is 116 Å². The van der Waals surface area contributed by atoms with Gasteiger partial charge in [-0.3, -0.25) is 4.52 Å². The van der Waals surface area contributed by atoms with Gasteiger partial charge in [-0.1, -0.05) is 0 Å². The zero-order valence-electron chi connectivity index (χ0n) is 11.0. The lowest BCUT2D eigenvalue weighted by Gasteiger charge is -2.17. The van der Waals surface area contributed by atoms with E-state index in [1.807, 2.05) is 0 Å². The van der Waals surface area contributed by atoms with Gasteiger partial charge in [0.15, 0.2) is 0 Å². The first-order valence-corrected chi connectivity index (χ1v) is 9.67. The summed E-state index contributed by atoms with van der Waals surface area (Å²) in [5, 5.41) is 0. The van der Waals surface area contributed by atoms with Crippen molar-refractivity contribution in [1.82, 2.24) is 0 Å². The van der Waals surface area contributed by atoms with Crippen molar-refractivity contribution in [2.24, 2.45) is 0 Å². The number of ether oxygens (including phenoxy) is 1. The molecule has 0 spiro atoms. The monoisotopic (exact) mass is 355 g/mol. The average Bonchev–Trinajstić information content (AvgIpc) is 2.69. The van der Waals surface area contributed by atoms with Crippen molar-refractivity contribution in [3.63, 3.8) is 0 Å². The van der Waals surface area contributed by atoms with Crippen molar-refractivity contribution in [2.45, 2.75) is 24.9 Å². The van der Waals surface area contributed by atoms with Gasteiger partial charge >= 0.3 is 23.5 Å². The molecule has 0 amide bonds. The lowest BCUT2D eigenvalue weighted by molar-refractivity contribution is 0.0400. The highest BCUT2D eigenvalue weighted by molar-refractivity contribution is 7.66. The van der Waals surface area contributed by atoms with E-state index < -0.39 is 36.2 Å². The molecule has 0 saturated carbocycles. The highest BCUT2D eigenvalue weighted by atomic mass is 31.3. The van der Waals surface area contributed by atoms with Crippen LogP contribution < -0.4 is 0 Å². The Balaban J connectivity index is 2.48. The molecular weight excluding hydrogens is 340 g/mol. The van der Waals surface area contributed by atoms with E-state index in [1.54, 1.807) is 0 Å². The van der Waals surface area contributed by atoms with E-state index in [0.717, 1.165) is 0 Å². The second-order valence-electron chi connectivity index (χ2n) is 3.84. The second-order valence-corrected chi connectivity index (χ2v) is 8.26. The Bertz CT molecular complexity index is 494. The quantitative estimate of drug-likeness (QED) is 0.326. The molecule has 11 nitrogen and oxygen atoms in total. The van der Waals surface area contributed by atoms with Crippen LogP contribution in [0.3, 0.4) is 0 Å². The summed E-state index contributed by atoms with van der Waals surface area (Å²) >= 11 is 0. The molecule has 20 heavy (non-hydrogen) atoms. The molecule has 1 rings (SSSR count). The highest BCUT2D eigenvalue weighted by Crippen LogP contribution is 2.66. The van der Waals surface area contributed by atoms with Crippen molar-refractivity contribution in [3.05, 3.63) is 0 Å². The summed E-state index contributed by atoms with van der Waals surface area (Å²) in [5.41, 5.74) is 0. The number of rotatable bonds is 8. The van der Waals surface area contributed by atoms with Gasteiger partial charge in [-0.05, 0) is 14.2 Å². The fourth-order valence-corrected chi connectivity index (χ4v) is 4.43. The molecule has 0 aromatic heterocycles. The molecule has 118 valence electrons. The Morgan fingerprint density at radius 2 is 1.80 bits per heavy atom. The largest absolute Gasteiger partial charge is 0.490 e. The molecule has 0 bridgehead atoms. The maximum absolute atomic E-state index is 11.4. The van der Waals surface area contributed by atoms with Gasteiger partial charge in [-0.25, -0.2) is 13.7 Å². The smallest absolute Gasteiger partial charge is 0.382 e. The van der Waals surface area contributed by atoms with Crippen molar-refractivity contribution < 1.29 is 51.2 Å². The van der Waals surface area contributed by atoms with Crippen LogP contribution in [0.25, 0.3) is 0 Å². The topological polar surface area (TPSA) is 169 Å².